The number of esters is 1. The van der Waals surface area contributed by atoms with Crippen molar-refractivity contribution in [2.45, 2.75) is 164 Å². The molecule has 0 amide bonds. The summed E-state index contributed by atoms with van der Waals surface area (Å²) in [6.07, 6.45) is -29.5. The van der Waals surface area contributed by atoms with E-state index < -0.39 is 135 Å². The molecule has 9 N–H and O–H groups in total. The number of aliphatic hydroxyl groups excluding tert-OH is 9. The molecule has 0 saturated carbocycles. The van der Waals surface area contributed by atoms with Gasteiger partial charge >= 0.3 is 5.97 Å². The van der Waals surface area contributed by atoms with Crippen LogP contribution in [0, 0.1) is 0 Å². The van der Waals surface area contributed by atoms with E-state index in [0.717, 1.165) is 6.92 Å². The minimum Gasteiger partial charge on any atom is -0.454 e. The van der Waals surface area contributed by atoms with E-state index in [2.05, 4.69) is 0 Å². The molecule has 19 heteroatoms. The van der Waals surface area contributed by atoms with E-state index in [4.69, 9.17) is 42.6 Å². The van der Waals surface area contributed by atoms with E-state index in [0.29, 0.717) is 6.42 Å². The second-order valence-electron chi connectivity index (χ2n) is 12.5. The van der Waals surface area contributed by atoms with E-state index in [-0.39, 0.29) is 6.61 Å². The van der Waals surface area contributed by atoms with Crippen LogP contribution in [-0.2, 0) is 47.4 Å². The molecule has 0 aromatic rings. The lowest BCUT2D eigenvalue weighted by Gasteiger charge is -2.49. The van der Waals surface area contributed by atoms with Crippen LogP contribution in [0.3, 0.4) is 0 Å². The number of aliphatic hydroxyl groups is 9. The molecule has 19 nitrogen and oxygen atoms in total. The highest BCUT2D eigenvalue weighted by molar-refractivity contribution is 5.66. The number of carbonyl (C=O) groups is 1. The number of carbonyl (C=O) groups excluding carboxylic acids is 1. The average molecular weight is 703 g/mol. The lowest BCUT2D eigenvalue weighted by molar-refractivity contribution is -0.393. The minimum atomic E-state index is -1.89. The van der Waals surface area contributed by atoms with E-state index in [1.54, 1.807) is 6.92 Å². The smallest absolute Gasteiger partial charge is 0.303 e. The third-order valence-corrected chi connectivity index (χ3v) is 8.84. The summed E-state index contributed by atoms with van der Waals surface area (Å²) < 4.78 is 51.4. The summed E-state index contributed by atoms with van der Waals surface area (Å²) in [4.78, 5) is 12.0. The number of rotatable bonds is 11. The molecule has 280 valence electrons. The molecular weight excluding hydrogens is 652 g/mol. The monoisotopic (exact) mass is 702 g/mol. The predicted octanol–water partition coefficient (Wildman–Crippen LogP) is -4.66. The Labute approximate surface area is 276 Å². The molecule has 0 radical (unpaired) electrons. The zero-order valence-corrected chi connectivity index (χ0v) is 27.3. The maximum atomic E-state index is 12.0. The van der Waals surface area contributed by atoms with Gasteiger partial charge in [0, 0.05) is 13.5 Å². The second-order valence-corrected chi connectivity index (χ2v) is 12.5. The fraction of sp³-hybridized carbons (Fsp3) is 0.966. The molecule has 0 spiro atoms. The van der Waals surface area contributed by atoms with Crippen molar-refractivity contribution in [3.05, 3.63) is 0 Å². The van der Waals surface area contributed by atoms with Crippen molar-refractivity contribution in [2.24, 2.45) is 0 Å². The summed E-state index contributed by atoms with van der Waals surface area (Å²) in [6.45, 7) is 6.84. The number of ether oxygens (including phenoxy) is 9. The van der Waals surface area contributed by atoms with Gasteiger partial charge in [0.2, 0.25) is 0 Å². The highest BCUT2D eigenvalue weighted by atomic mass is 16.8. The fourth-order valence-electron chi connectivity index (χ4n) is 6.00. The van der Waals surface area contributed by atoms with Crippen LogP contribution in [0.5, 0.6) is 0 Å². The van der Waals surface area contributed by atoms with Crippen LogP contribution in [0.4, 0.5) is 0 Å². The zero-order chi connectivity index (χ0) is 35.6. The van der Waals surface area contributed by atoms with Gasteiger partial charge in [0.15, 0.2) is 31.3 Å². The zero-order valence-electron chi connectivity index (χ0n) is 27.3. The van der Waals surface area contributed by atoms with Crippen LogP contribution in [0.1, 0.15) is 41.0 Å². The largest absolute Gasteiger partial charge is 0.454 e. The van der Waals surface area contributed by atoms with Gasteiger partial charge in [-0.1, -0.05) is 6.92 Å². The predicted molar refractivity (Wildman–Crippen MR) is 153 cm³/mol. The molecule has 4 saturated heterocycles. The van der Waals surface area contributed by atoms with E-state index in [1.807, 2.05) is 6.92 Å². The third-order valence-electron chi connectivity index (χ3n) is 8.84. The Morgan fingerprint density at radius 3 is 1.69 bits per heavy atom. The number of hydrogen-bond donors (Lipinski definition) is 9. The van der Waals surface area contributed by atoms with Crippen LogP contribution >= 0.6 is 0 Å². The molecule has 4 rings (SSSR count). The summed E-state index contributed by atoms with van der Waals surface area (Å²) in [7, 11) is 0. The van der Waals surface area contributed by atoms with Gasteiger partial charge in [-0.3, -0.25) is 4.79 Å². The summed E-state index contributed by atoms with van der Waals surface area (Å²) in [5.41, 5.74) is 0. The quantitative estimate of drug-likeness (QED) is 0.0915. The van der Waals surface area contributed by atoms with Crippen molar-refractivity contribution in [2.75, 3.05) is 13.2 Å². The summed E-state index contributed by atoms with van der Waals surface area (Å²) in [5.74, 6) is -0.734. The lowest BCUT2D eigenvalue weighted by atomic mass is 9.96. The van der Waals surface area contributed by atoms with E-state index in [9.17, 15) is 50.8 Å². The van der Waals surface area contributed by atoms with Crippen LogP contribution < -0.4 is 0 Å². The fourth-order valence-corrected chi connectivity index (χ4v) is 6.00. The van der Waals surface area contributed by atoms with Crippen molar-refractivity contribution in [3.63, 3.8) is 0 Å². The Kier molecular flexibility index (Phi) is 13.9. The Hall–Kier alpha value is -1.21. The standard InChI is InChI=1S/C29H50O19/c1-6-7-40-28-25(44-12(5)31)23(16(34)11(4)42-28)47-29-24(19(37)14(32)9(2)43-29)48-27-21(39)22(15(33)10(3)41-27)46-26-20(38)18(36)17(35)13(8-30)45-26/h9-11,13-30,32-39H,6-8H2,1-5H3/t9?,10?,11?,13-,14-,15-,16-,17+,18?,19?,20?,21-,22?,23?,24-,25-,26+,27-,28+,29-/m0/s1. The van der Waals surface area contributed by atoms with Crippen molar-refractivity contribution < 1.29 is 93.4 Å². The second kappa shape index (κ2) is 16.9. The summed E-state index contributed by atoms with van der Waals surface area (Å²) in [6, 6.07) is 0. The maximum absolute atomic E-state index is 12.0. The normalized spacial score (nSPS) is 50.2. The Morgan fingerprint density at radius 1 is 0.562 bits per heavy atom. The molecule has 8 unspecified atom stereocenters. The maximum Gasteiger partial charge on any atom is 0.303 e. The van der Waals surface area contributed by atoms with Crippen molar-refractivity contribution >= 4 is 5.97 Å². The van der Waals surface area contributed by atoms with Gasteiger partial charge in [-0.25, -0.2) is 0 Å². The molecule has 48 heavy (non-hydrogen) atoms. The van der Waals surface area contributed by atoms with Gasteiger partial charge in [0.1, 0.15) is 73.2 Å². The van der Waals surface area contributed by atoms with E-state index >= 15 is 0 Å². The van der Waals surface area contributed by atoms with Crippen molar-refractivity contribution in [3.8, 4) is 0 Å². The van der Waals surface area contributed by atoms with Gasteiger partial charge in [0.05, 0.1) is 24.9 Å². The Bertz CT molecular complexity index is 1020. The average Bonchev–Trinajstić information content (AvgIpc) is 3.04. The van der Waals surface area contributed by atoms with Gasteiger partial charge in [-0.2, -0.15) is 0 Å². The molecule has 4 aliphatic heterocycles. The van der Waals surface area contributed by atoms with Gasteiger partial charge in [-0.15, -0.1) is 0 Å². The molecule has 0 aliphatic carbocycles. The van der Waals surface area contributed by atoms with Crippen LogP contribution in [0.25, 0.3) is 0 Å². The molecule has 4 aliphatic rings. The Morgan fingerprint density at radius 2 is 1.08 bits per heavy atom. The van der Waals surface area contributed by atoms with Crippen LogP contribution in [0.2, 0.25) is 0 Å². The molecule has 4 heterocycles. The highest BCUT2D eigenvalue weighted by Gasteiger charge is 2.55. The molecule has 0 aromatic carbocycles. The topological polar surface area (TPSA) is 282 Å². The van der Waals surface area contributed by atoms with Crippen molar-refractivity contribution in [1.82, 2.24) is 0 Å². The molecule has 4 fully saturated rings. The first-order valence-corrected chi connectivity index (χ1v) is 16.0. The summed E-state index contributed by atoms with van der Waals surface area (Å²) >= 11 is 0. The minimum absolute atomic E-state index is 0.221. The highest BCUT2D eigenvalue weighted by Crippen LogP contribution is 2.35. The summed E-state index contributed by atoms with van der Waals surface area (Å²) in [5, 5.41) is 95.2. The molecular formula is C29H50O19. The first-order valence-electron chi connectivity index (χ1n) is 16.0. The lowest BCUT2D eigenvalue weighted by Crippen LogP contribution is -2.67. The van der Waals surface area contributed by atoms with Gasteiger partial charge in [0.25, 0.3) is 0 Å². The first-order chi connectivity index (χ1) is 22.6. The molecule has 0 aromatic heterocycles. The SMILES string of the molecule is CCCO[C@@H]1OC(C)[C@H](O)C(O[C@@H]2OC(C)[C@H](O)C(O)[C@@H]2O[C@@H]2OC(C)[C@H](O)C(O[C@H]3O[C@@H](CO)[C@@H](O)C(O)C3O)[C@@H]2O)[C@@H]1OC(C)=O. The van der Waals surface area contributed by atoms with Crippen LogP contribution in [-0.4, -0.2) is 188 Å². The van der Waals surface area contributed by atoms with Gasteiger partial charge < -0.3 is 88.6 Å². The Balaban J connectivity index is 1.57. The molecule has 0 bridgehead atoms. The van der Waals surface area contributed by atoms with Crippen LogP contribution in [0.15, 0.2) is 0 Å². The van der Waals surface area contributed by atoms with Crippen molar-refractivity contribution in [1.29, 1.82) is 0 Å². The molecule has 20 atom stereocenters. The number of hydrogen-bond acceptors (Lipinski definition) is 19. The third kappa shape index (κ3) is 8.45. The van der Waals surface area contributed by atoms with E-state index in [1.165, 1.54) is 13.8 Å². The van der Waals surface area contributed by atoms with Gasteiger partial charge in [-0.05, 0) is 27.2 Å². The first kappa shape index (κ1) is 39.6.